The molecule has 0 saturated heterocycles. The van der Waals surface area contributed by atoms with Gasteiger partial charge in [-0.3, -0.25) is 9.59 Å². The molecule has 2 amide bonds. The lowest BCUT2D eigenvalue weighted by Crippen LogP contribution is -2.56. The van der Waals surface area contributed by atoms with Crippen LogP contribution in [0.5, 0.6) is 0 Å². The Hall–Kier alpha value is -2.44. The molecule has 0 aliphatic heterocycles. The Kier molecular flexibility index (Phi) is 8.61. The van der Waals surface area contributed by atoms with Crippen LogP contribution in [0.15, 0.2) is 60.7 Å². The highest BCUT2D eigenvalue weighted by atomic mass is 28.4. The molecule has 0 fully saturated rings. The van der Waals surface area contributed by atoms with E-state index in [-0.39, 0.29) is 23.9 Å². The van der Waals surface area contributed by atoms with Crippen molar-refractivity contribution in [1.82, 2.24) is 10.6 Å². The van der Waals surface area contributed by atoms with Crippen molar-refractivity contribution in [3.05, 3.63) is 71.8 Å². The van der Waals surface area contributed by atoms with E-state index in [0.717, 1.165) is 5.56 Å². The summed E-state index contributed by atoms with van der Waals surface area (Å²) in [7, 11) is -2.86. The van der Waals surface area contributed by atoms with Crippen LogP contribution in [0.2, 0.25) is 12.6 Å². The highest BCUT2D eigenvalue weighted by Gasteiger charge is 2.37. The van der Waals surface area contributed by atoms with E-state index < -0.39 is 8.32 Å². The summed E-state index contributed by atoms with van der Waals surface area (Å²) in [5.74, 6) is 0.0545. The molecule has 2 unspecified atom stereocenters. The van der Waals surface area contributed by atoms with Gasteiger partial charge in [0.25, 0.3) is 5.91 Å². The van der Waals surface area contributed by atoms with Gasteiger partial charge in [0.1, 0.15) is 0 Å². The monoisotopic (exact) mass is 412 g/mol. The molecule has 0 bridgehead atoms. The van der Waals surface area contributed by atoms with E-state index in [1.807, 2.05) is 55.1 Å². The van der Waals surface area contributed by atoms with Crippen LogP contribution in [0.4, 0.5) is 0 Å². The Bertz CT molecular complexity index is 779. The van der Waals surface area contributed by atoms with Crippen LogP contribution in [0.25, 0.3) is 0 Å². The number of hydrogen-bond donors (Lipinski definition) is 3. The minimum atomic E-state index is -2.86. The summed E-state index contributed by atoms with van der Waals surface area (Å²) in [6.07, 6.45) is 0.936. The molecule has 0 aliphatic carbocycles. The van der Waals surface area contributed by atoms with E-state index in [4.69, 9.17) is 0 Å². The average molecular weight is 413 g/mol. The second kappa shape index (κ2) is 10.9. The molecule has 0 radical (unpaired) electrons. The van der Waals surface area contributed by atoms with Gasteiger partial charge in [-0.1, -0.05) is 62.4 Å². The number of nitrogens with one attached hydrogen (secondary N) is 2. The second-order valence-electron chi connectivity index (χ2n) is 8.14. The van der Waals surface area contributed by atoms with E-state index in [2.05, 4.69) is 24.5 Å². The minimum absolute atomic E-state index is 0.0840. The lowest BCUT2D eigenvalue weighted by molar-refractivity contribution is -0.121. The summed E-state index contributed by atoms with van der Waals surface area (Å²) in [6, 6.07) is 19.2. The topological polar surface area (TPSA) is 78.4 Å². The van der Waals surface area contributed by atoms with Gasteiger partial charge in [-0.15, -0.1) is 0 Å². The van der Waals surface area contributed by atoms with E-state index in [9.17, 15) is 14.4 Å². The third-order valence-corrected chi connectivity index (χ3v) is 8.13. The molecule has 2 aromatic rings. The van der Waals surface area contributed by atoms with Crippen molar-refractivity contribution in [2.45, 2.75) is 51.5 Å². The van der Waals surface area contributed by atoms with Crippen LogP contribution in [-0.4, -0.2) is 30.6 Å². The third-order valence-electron chi connectivity index (χ3n) is 4.99. The molecular formula is C23H32N2O3Si. The van der Waals surface area contributed by atoms with E-state index in [1.165, 1.54) is 0 Å². The zero-order valence-electron chi connectivity index (χ0n) is 17.5. The number of benzene rings is 2. The summed E-state index contributed by atoms with van der Waals surface area (Å²) in [6.45, 7) is 6.44. The van der Waals surface area contributed by atoms with Gasteiger partial charge in [0.2, 0.25) is 14.2 Å². The highest BCUT2D eigenvalue weighted by molar-refractivity contribution is 6.73. The second-order valence-corrected chi connectivity index (χ2v) is 12.1. The fourth-order valence-corrected chi connectivity index (χ4v) is 5.70. The number of carbonyl (C=O) groups excluding carboxylic acids is 2. The van der Waals surface area contributed by atoms with Crippen molar-refractivity contribution in [3.63, 3.8) is 0 Å². The van der Waals surface area contributed by atoms with E-state index >= 15 is 0 Å². The number of carbonyl (C=O) groups is 2. The summed E-state index contributed by atoms with van der Waals surface area (Å²) >= 11 is 0. The number of amides is 2. The normalized spacial score (nSPS) is 14.1. The van der Waals surface area contributed by atoms with Gasteiger partial charge in [-0.2, -0.15) is 0 Å². The van der Waals surface area contributed by atoms with Crippen LogP contribution in [0, 0.1) is 5.92 Å². The van der Waals surface area contributed by atoms with Crippen LogP contribution < -0.4 is 10.6 Å². The Morgan fingerprint density at radius 1 is 1.00 bits per heavy atom. The first-order valence-corrected chi connectivity index (χ1v) is 12.9. The summed E-state index contributed by atoms with van der Waals surface area (Å²) in [4.78, 5) is 36.1. The van der Waals surface area contributed by atoms with Crippen molar-refractivity contribution < 1.29 is 14.4 Å². The smallest absolute Gasteiger partial charge is 0.251 e. The van der Waals surface area contributed by atoms with Crippen LogP contribution >= 0.6 is 0 Å². The van der Waals surface area contributed by atoms with Gasteiger partial charge >= 0.3 is 0 Å². The zero-order valence-corrected chi connectivity index (χ0v) is 18.5. The van der Waals surface area contributed by atoms with Crippen molar-refractivity contribution >= 4 is 20.1 Å². The molecule has 2 atom stereocenters. The van der Waals surface area contributed by atoms with Crippen molar-refractivity contribution in [1.29, 1.82) is 0 Å². The van der Waals surface area contributed by atoms with Gasteiger partial charge in [0, 0.05) is 24.2 Å². The standard InChI is InChI=1S/C23H32N2O3Si/c1-18(2)16-22(25-23(27)20-12-8-5-9-13-20)29(3,28)15-14-21(26)24-17-19-10-6-4-7-11-19/h4-13,18,22,28H,14-17H2,1-3H3,(H,24,26)(H,25,27). The van der Waals surface area contributed by atoms with E-state index in [0.29, 0.717) is 30.5 Å². The van der Waals surface area contributed by atoms with Crippen molar-refractivity contribution in [2.75, 3.05) is 0 Å². The molecule has 156 valence electrons. The van der Waals surface area contributed by atoms with Crippen LogP contribution in [0.1, 0.15) is 42.6 Å². The Morgan fingerprint density at radius 3 is 2.17 bits per heavy atom. The predicted molar refractivity (Wildman–Crippen MR) is 119 cm³/mol. The molecule has 0 aliphatic rings. The molecule has 0 aromatic heterocycles. The maximum Gasteiger partial charge on any atom is 0.251 e. The SMILES string of the molecule is CC(C)CC(NC(=O)c1ccccc1)[Si](C)(O)CCC(=O)NCc1ccccc1. The first kappa shape index (κ1) is 22.8. The molecule has 3 N–H and O–H groups in total. The summed E-state index contributed by atoms with van der Waals surface area (Å²) in [5, 5.41) is 5.93. The van der Waals surface area contributed by atoms with Crippen molar-refractivity contribution in [3.8, 4) is 0 Å². The van der Waals surface area contributed by atoms with Crippen LogP contribution in [0.3, 0.4) is 0 Å². The molecular weight excluding hydrogens is 380 g/mol. The molecule has 0 saturated carbocycles. The molecule has 0 heterocycles. The molecule has 5 nitrogen and oxygen atoms in total. The summed E-state index contributed by atoms with van der Waals surface area (Å²) in [5.41, 5.74) is 1.31. The van der Waals surface area contributed by atoms with Crippen LogP contribution in [-0.2, 0) is 11.3 Å². The molecule has 2 aromatic carbocycles. The molecule has 2 rings (SSSR count). The highest BCUT2D eigenvalue weighted by Crippen LogP contribution is 2.20. The summed E-state index contributed by atoms with van der Waals surface area (Å²) < 4.78 is 0. The number of rotatable bonds is 10. The fourth-order valence-electron chi connectivity index (χ4n) is 3.20. The minimum Gasteiger partial charge on any atom is -0.430 e. The average Bonchev–Trinajstić information content (AvgIpc) is 2.71. The maximum atomic E-state index is 12.6. The Labute approximate surface area is 174 Å². The van der Waals surface area contributed by atoms with Gasteiger partial charge in [0.15, 0.2) is 0 Å². The first-order valence-electron chi connectivity index (χ1n) is 10.2. The van der Waals surface area contributed by atoms with Crippen molar-refractivity contribution in [2.24, 2.45) is 5.92 Å². The van der Waals surface area contributed by atoms with Gasteiger partial charge in [-0.25, -0.2) is 0 Å². The predicted octanol–water partition coefficient (Wildman–Crippen LogP) is 3.64. The molecule has 6 heteroatoms. The maximum absolute atomic E-state index is 12.6. The quantitative estimate of drug-likeness (QED) is 0.521. The number of hydrogen-bond acceptors (Lipinski definition) is 3. The zero-order chi connectivity index (χ0) is 21.3. The van der Waals surface area contributed by atoms with Gasteiger partial charge in [0.05, 0.1) is 0 Å². The lowest BCUT2D eigenvalue weighted by Gasteiger charge is -2.32. The lowest BCUT2D eigenvalue weighted by atomic mass is 10.1. The Balaban J connectivity index is 1.93. The third kappa shape index (κ3) is 7.83. The molecule has 29 heavy (non-hydrogen) atoms. The van der Waals surface area contributed by atoms with Gasteiger partial charge in [-0.05, 0) is 42.6 Å². The largest absolute Gasteiger partial charge is 0.430 e. The first-order chi connectivity index (χ1) is 13.8. The van der Waals surface area contributed by atoms with E-state index in [1.54, 1.807) is 12.1 Å². The fraction of sp³-hybridized carbons (Fsp3) is 0.391. The Morgan fingerprint density at radius 2 is 1.59 bits per heavy atom. The van der Waals surface area contributed by atoms with Gasteiger partial charge < -0.3 is 15.4 Å². The molecule has 0 spiro atoms.